The smallest absolute Gasteiger partial charge is 0.266 e. The Bertz CT molecular complexity index is 619. The van der Waals surface area contributed by atoms with Gasteiger partial charge in [-0.05, 0) is 30.6 Å². The second kappa shape index (κ2) is 7.75. The molecule has 1 N–H and O–H groups in total. The molecule has 1 aliphatic heterocycles. The van der Waals surface area contributed by atoms with Crippen molar-refractivity contribution in [1.82, 2.24) is 4.90 Å². The highest BCUT2D eigenvalue weighted by molar-refractivity contribution is 8.26. The van der Waals surface area contributed by atoms with Crippen molar-refractivity contribution in [3.63, 3.8) is 0 Å². The molecule has 0 bridgehead atoms. The first-order valence-corrected chi connectivity index (χ1v) is 9.09. The maximum atomic E-state index is 12.5. The molecule has 0 radical (unpaired) electrons. The van der Waals surface area contributed by atoms with Gasteiger partial charge in [0.1, 0.15) is 4.32 Å². The van der Waals surface area contributed by atoms with Crippen molar-refractivity contribution in [3.8, 4) is 0 Å². The Morgan fingerprint density at radius 1 is 1.64 bits per heavy atom. The SMILES string of the molecule is CSCCC(C(=O)[O-])N1C(=O)/C(=C/c2ccc[nH+]c2)SC1=S. The highest BCUT2D eigenvalue weighted by Crippen LogP contribution is 2.34. The zero-order chi connectivity index (χ0) is 16.1. The molecule has 1 amide bonds. The van der Waals surface area contributed by atoms with Gasteiger partial charge in [-0.3, -0.25) is 9.69 Å². The number of hydrogen-bond acceptors (Lipinski definition) is 6. The Labute approximate surface area is 142 Å². The molecular weight excluding hydrogens is 340 g/mol. The van der Waals surface area contributed by atoms with E-state index in [0.29, 0.717) is 17.1 Å². The van der Waals surface area contributed by atoms with E-state index in [0.717, 1.165) is 22.2 Å². The van der Waals surface area contributed by atoms with Crippen LogP contribution in [0.1, 0.15) is 12.0 Å². The van der Waals surface area contributed by atoms with E-state index in [-0.39, 0.29) is 10.2 Å². The van der Waals surface area contributed by atoms with Gasteiger partial charge < -0.3 is 9.90 Å². The molecule has 5 nitrogen and oxygen atoms in total. The minimum absolute atomic E-state index is 0.256. The summed E-state index contributed by atoms with van der Waals surface area (Å²) >= 11 is 7.81. The van der Waals surface area contributed by atoms with Crippen LogP contribution in [0.5, 0.6) is 0 Å². The molecule has 0 aromatic carbocycles. The second-order valence-electron chi connectivity index (χ2n) is 4.50. The standard InChI is InChI=1S/C14H14N2O3S3/c1-21-6-4-10(13(18)19)16-12(17)11(22-14(16)20)7-9-3-2-5-15-8-9/h2-3,5,7-8,10H,4,6H2,1H3,(H,18,19)/b11-7-. The number of carboxylic acid groups (broad SMARTS) is 1. The zero-order valence-electron chi connectivity index (χ0n) is 11.8. The first-order valence-electron chi connectivity index (χ1n) is 6.47. The topological polar surface area (TPSA) is 74.6 Å². The molecule has 1 aromatic rings. The van der Waals surface area contributed by atoms with Gasteiger partial charge in [-0.1, -0.05) is 24.0 Å². The number of carbonyl (C=O) groups is 2. The number of hydrogen-bond donors (Lipinski definition) is 0. The summed E-state index contributed by atoms with van der Waals surface area (Å²) in [5.74, 6) is -1.05. The number of thiocarbonyl (C=S) groups is 1. The number of aromatic nitrogens is 1. The summed E-state index contributed by atoms with van der Waals surface area (Å²) < 4.78 is 0.256. The van der Waals surface area contributed by atoms with Crippen LogP contribution in [0.3, 0.4) is 0 Å². The van der Waals surface area contributed by atoms with Crippen molar-refractivity contribution < 1.29 is 19.7 Å². The molecule has 22 heavy (non-hydrogen) atoms. The monoisotopic (exact) mass is 354 g/mol. The third kappa shape index (κ3) is 3.88. The van der Waals surface area contributed by atoms with Gasteiger partial charge >= 0.3 is 0 Å². The fraction of sp³-hybridized carbons (Fsp3) is 0.286. The average molecular weight is 354 g/mol. The number of pyridine rings is 1. The summed E-state index contributed by atoms with van der Waals surface area (Å²) in [5.41, 5.74) is 0.817. The van der Waals surface area contributed by atoms with E-state index in [2.05, 4.69) is 4.98 Å². The van der Waals surface area contributed by atoms with Crippen LogP contribution in [0.15, 0.2) is 29.4 Å². The molecule has 0 aliphatic carbocycles. The molecule has 1 aliphatic rings. The summed E-state index contributed by atoms with van der Waals surface area (Å²) in [5, 5.41) is 11.3. The first-order chi connectivity index (χ1) is 10.5. The van der Waals surface area contributed by atoms with Crippen molar-refractivity contribution in [2.45, 2.75) is 12.5 Å². The van der Waals surface area contributed by atoms with Crippen LogP contribution in [0.4, 0.5) is 0 Å². The van der Waals surface area contributed by atoms with Gasteiger partial charge in [0.2, 0.25) is 0 Å². The van der Waals surface area contributed by atoms with E-state index < -0.39 is 12.0 Å². The predicted molar refractivity (Wildman–Crippen MR) is 89.8 cm³/mol. The Morgan fingerprint density at radius 3 is 3.00 bits per heavy atom. The van der Waals surface area contributed by atoms with E-state index in [1.807, 2.05) is 18.4 Å². The van der Waals surface area contributed by atoms with Gasteiger partial charge in [0, 0.05) is 11.6 Å². The molecular formula is C14H14N2O3S3. The van der Waals surface area contributed by atoms with Crippen LogP contribution in [-0.4, -0.2) is 39.1 Å². The van der Waals surface area contributed by atoms with E-state index in [1.165, 1.54) is 11.8 Å². The Morgan fingerprint density at radius 2 is 2.41 bits per heavy atom. The van der Waals surface area contributed by atoms with E-state index in [4.69, 9.17) is 12.2 Å². The van der Waals surface area contributed by atoms with Crippen LogP contribution >= 0.6 is 35.7 Å². The third-order valence-corrected chi connectivity index (χ3v) is 5.01. The van der Waals surface area contributed by atoms with Gasteiger partial charge in [0.15, 0.2) is 12.4 Å². The third-order valence-electron chi connectivity index (χ3n) is 3.03. The van der Waals surface area contributed by atoms with Crippen molar-refractivity contribution in [1.29, 1.82) is 0 Å². The highest BCUT2D eigenvalue weighted by atomic mass is 32.2. The maximum Gasteiger partial charge on any atom is 0.266 e. The molecule has 1 unspecified atom stereocenters. The minimum Gasteiger partial charge on any atom is -0.548 e. The van der Waals surface area contributed by atoms with Crippen LogP contribution in [0, 0.1) is 0 Å². The van der Waals surface area contributed by atoms with Crippen LogP contribution in [-0.2, 0) is 9.59 Å². The van der Waals surface area contributed by atoms with Crippen molar-refractivity contribution >= 4 is 58.0 Å². The first kappa shape index (κ1) is 17.0. The summed E-state index contributed by atoms with van der Waals surface area (Å²) in [7, 11) is 0. The van der Waals surface area contributed by atoms with Crippen LogP contribution < -0.4 is 10.1 Å². The Balaban J connectivity index is 2.24. The van der Waals surface area contributed by atoms with Crippen LogP contribution in [0.2, 0.25) is 0 Å². The number of rotatable bonds is 6. The van der Waals surface area contributed by atoms with Gasteiger partial charge in [-0.25, -0.2) is 4.98 Å². The summed E-state index contributed by atoms with van der Waals surface area (Å²) in [6, 6.07) is 2.63. The molecule has 0 saturated carbocycles. The molecule has 1 aromatic heterocycles. The number of nitrogens with zero attached hydrogens (tertiary/aromatic N) is 1. The maximum absolute atomic E-state index is 12.5. The quantitative estimate of drug-likeness (QED) is 0.549. The van der Waals surface area contributed by atoms with Crippen molar-refractivity contribution in [2.24, 2.45) is 0 Å². The molecule has 1 saturated heterocycles. The number of carbonyl (C=O) groups excluding carboxylic acids is 2. The van der Waals surface area contributed by atoms with Crippen LogP contribution in [0.25, 0.3) is 6.08 Å². The number of aromatic amines is 1. The lowest BCUT2D eigenvalue weighted by molar-refractivity contribution is -0.378. The zero-order valence-corrected chi connectivity index (χ0v) is 14.2. The molecule has 0 spiro atoms. The second-order valence-corrected chi connectivity index (χ2v) is 7.17. The lowest BCUT2D eigenvalue weighted by Crippen LogP contribution is -2.50. The van der Waals surface area contributed by atoms with Crippen molar-refractivity contribution in [2.75, 3.05) is 12.0 Å². The Hall–Kier alpha value is -1.38. The summed E-state index contributed by atoms with van der Waals surface area (Å²) in [6.07, 6.45) is 7.38. The summed E-state index contributed by atoms with van der Waals surface area (Å²) in [4.78, 5) is 28.3. The number of H-pyrrole nitrogens is 1. The lowest BCUT2D eigenvalue weighted by atomic mass is 10.2. The molecule has 116 valence electrons. The number of carboxylic acids is 1. The fourth-order valence-corrected chi connectivity index (χ4v) is 3.79. The lowest BCUT2D eigenvalue weighted by Gasteiger charge is -2.27. The molecule has 1 fully saturated rings. The number of nitrogens with one attached hydrogen (secondary N) is 1. The molecule has 2 heterocycles. The Kier molecular flexibility index (Phi) is 5.98. The molecule has 8 heteroatoms. The predicted octanol–water partition coefficient (Wildman–Crippen LogP) is 0.573. The van der Waals surface area contributed by atoms with Gasteiger partial charge in [0.05, 0.1) is 16.9 Å². The fourth-order valence-electron chi connectivity index (χ4n) is 1.98. The van der Waals surface area contributed by atoms with E-state index >= 15 is 0 Å². The number of thioether (sulfide) groups is 2. The highest BCUT2D eigenvalue weighted by Gasteiger charge is 2.37. The summed E-state index contributed by atoms with van der Waals surface area (Å²) in [6.45, 7) is 0. The minimum atomic E-state index is -1.28. The van der Waals surface area contributed by atoms with Crippen molar-refractivity contribution in [3.05, 3.63) is 35.0 Å². The largest absolute Gasteiger partial charge is 0.548 e. The van der Waals surface area contributed by atoms with E-state index in [9.17, 15) is 14.7 Å². The molecule has 1 atom stereocenters. The van der Waals surface area contributed by atoms with Gasteiger partial charge in [-0.15, -0.1) is 0 Å². The van der Waals surface area contributed by atoms with E-state index in [1.54, 1.807) is 18.5 Å². The normalized spacial score (nSPS) is 18.0. The average Bonchev–Trinajstić information content (AvgIpc) is 2.76. The number of amides is 1. The van der Waals surface area contributed by atoms with Gasteiger partial charge in [-0.2, -0.15) is 11.8 Å². The molecule has 2 rings (SSSR count). The van der Waals surface area contributed by atoms with Gasteiger partial charge in [0.25, 0.3) is 5.91 Å². The number of aliphatic carboxylic acids is 1.